The lowest BCUT2D eigenvalue weighted by Crippen LogP contribution is -2.42. The molecule has 0 aromatic heterocycles. The highest BCUT2D eigenvalue weighted by Crippen LogP contribution is 2.41. The average molecular weight is 315 g/mol. The Labute approximate surface area is 132 Å². The third-order valence-corrected chi connectivity index (χ3v) is 5.93. The van der Waals surface area contributed by atoms with E-state index in [1.807, 2.05) is 18.7 Å². The first-order chi connectivity index (χ1) is 10.2. The number of nitrogens with two attached hydrogens (primary N) is 1. The molecule has 0 aromatic carbocycles. The van der Waals surface area contributed by atoms with E-state index < -0.39 is 6.04 Å². The number of ether oxygens (including phenoxy) is 2. The summed E-state index contributed by atoms with van der Waals surface area (Å²) in [4.78, 5) is 11.5. The van der Waals surface area contributed by atoms with E-state index in [1.165, 1.54) is 38.5 Å². The number of hydrogen-bond donors (Lipinski definition) is 1. The van der Waals surface area contributed by atoms with Crippen LogP contribution in [0.1, 0.15) is 58.3 Å². The Kier molecular flexibility index (Phi) is 6.83. The van der Waals surface area contributed by atoms with Gasteiger partial charge in [-0.3, -0.25) is 4.79 Å². The molecular weight excluding hydrogens is 286 g/mol. The van der Waals surface area contributed by atoms with Crippen LogP contribution in [0.5, 0.6) is 0 Å². The molecule has 2 atom stereocenters. The summed E-state index contributed by atoms with van der Waals surface area (Å²) < 4.78 is 11.1. The van der Waals surface area contributed by atoms with E-state index in [-0.39, 0.29) is 11.6 Å². The highest BCUT2D eigenvalue weighted by Gasteiger charge is 2.38. The molecule has 4 nitrogen and oxygen atoms in total. The summed E-state index contributed by atoms with van der Waals surface area (Å²) in [5.74, 6) is 0.662. The number of esters is 1. The van der Waals surface area contributed by atoms with Gasteiger partial charge in [0.25, 0.3) is 0 Å². The van der Waals surface area contributed by atoms with Crippen molar-refractivity contribution in [3.05, 3.63) is 0 Å². The molecule has 1 saturated heterocycles. The summed E-state index contributed by atoms with van der Waals surface area (Å²) in [7, 11) is 0. The maximum Gasteiger partial charge on any atom is 0.322 e. The highest BCUT2D eigenvalue weighted by molar-refractivity contribution is 7.99. The standard InChI is InChI=1S/C16H29NO3S/c1-2-19-15(18)14(17)7-11-21-13-6-10-20-16(12-13)8-4-3-5-9-16/h13-14H,2-12,17H2,1H3. The number of rotatable bonds is 6. The Hall–Kier alpha value is -0.260. The fraction of sp³-hybridized carbons (Fsp3) is 0.938. The zero-order valence-corrected chi connectivity index (χ0v) is 14.0. The Bertz CT molecular complexity index is 326. The second-order valence-electron chi connectivity index (χ2n) is 6.22. The molecule has 1 heterocycles. The van der Waals surface area contributed by atoms with Crippen LogP contribution in [0.15, 0.2) is 0 Å². The van der Waals surface area contributed by atoms with Crippen LogP contribution in [0.25, 0.3) is 0 Å². The molecule has 2 rings (SSSR count). The van der Waals surface area contributed by atoms with Crippen LogP contribution >= 0.6 is 11.8 Å². The first kappa shape index (κ1) is 17.1. The van der Waals surface area contributed by atoms with Crippen molar-refractivity contribution < 1.29 is 14.3 Å². The summed E-state index contributed by atoms with van der Waals surface area (Å²) in [6.45, 7) is 3.11. The molecule has 1 aliphatic heterocycles. The van der Waals surface area contributed by atoms with Gasteiger partial charge in [-0.1, -0.05) is 19.3 Å². The van der Waals surface area contributed by atoms with Crippen molar-refractivity contribution in [2.45, 2.75) is 75.2 Å². The fourth-order valence-corrected chi connectivity index (χ4v) is 4.81. The van der Waals surface area contributed by atoms with Crippen molar-refractivity contribution in [1.29, 1.82) is 0 Å². The second-order valence-corrected chi connectivity index (χ2v) is 7.63. The summed E-state index contributed by atoms with van der Waals surface area (Å²) >= 11 is 1.96. The molecule has 2 fully saturated rings. The Balaban J connectivity index is 1.69. The first-order valence-electron chi connectivity index (χ1n) is 8.33. The van der Waals surface area contributed by atoms with Crippen LogP contribution in [0.3, 0.4) is 0 Å². The molecule has 5 heteroatoms. The van der Waals surface area contributed by atoms with Gasteiger partial charge in [0.1, 0.15) is 6.04 Å². The monoisotopic (exact) mass is 315 g/mol. The van der Waals surface area contributed by atoms with E-state index in [1.54, 1.807) is 0 Å². The number of carbonyl (C=O) groups is 1. The molecular formula is C16H29NO3S. The van der Waals surface area contributed by atoms with Gasteiger partial charge < -0.3 is 15.2 Å². The number of hydrogen-bond acceptors (Lipinski definition) is 5. The Morgan fingerprint density at radius 1 is 1.43 bits per heavy atom. The lowest BCUT2D eigenvalue weighted by Gasteiger charge is -2.43. The van der Waals surface area contributed by atoms with Gasteiger partial charge in [0, 0.05) is 11.9 Å². The first-order valence-corrected chi connectivity index (χ1v) is 9.38. The van der Waals surface area contributed by atoms with Gasteiger partial charge in [0.2, 0.25) is 0 Å². The molecule has 2 N–H and O–H groups in total. The average Bonchev–Trinajstić information content (AvgIpc) is 2.48. The van der Waals surface area contributed by atoms with E-state index in [9.17, 15) is 4.79 Å². The van der Waals surface area contributed by atoms with Crippen LogP contribution in [0.2, 0.25) is 0 Å². The molecule has 0 aromatic rings. The van der Waals surface area contributed by atoms with E-state index in [0.29, 0.717) is 18.3 Å². The quantitative estimate of drug-likeness (QED) is 0.764. The fourth-order valence-electron chi connectivity index (χ4n) is 3.40. The van der Waals surface area contributed by atoms with Gasteiger partial charge in [0.05, 0.1) is 12.2 Å². The minimum Gasteiger partial charge on any atom is -0.465 e. The van der Waals surface area contributed by atoms with Crippen molar-refractivity contribution >= 4 is 17.7 Å². The highest BCUT2D eigenvalue weighted by atomic mass is 32.2. The minimum atomic E-state index is -0.471. The SMILES string of the molecule is CCOC(=O)C(N)CCSC1CCOC2(CCCCC2)C1. The predicted octanol–water partition coefficient (Wildman–Crippen LogP) is 2.88. The van der Waals surface area contributed by atoms with E-state index >= 15 is 0 Å². The summed E-state index contributed by atoms with van der Waals surface area (Å²) in [5, 5.41) is 0.659. The lowest BCUT2D eigenvalue weighted by atomic mass is 9.80. The molecule has 0 radical (unpaired) electrons. The van der Waals surface area contributed by atoms with Crippen molar-refractivity contribution in [3.63, 3.8) is 0 Å². The van der Waals surface area contributed by atoms with E-state index in [4.69, 9.17) is 15.2 Å². The van der Waals surface area contributed by atoms with Crippen LogP contribution in [0.4, 0.5) is 0 Å². The minimum absolute atomic E-state index is 0.164. The molecule has 21 heavy (non-hydrogen) atoms. The van der Waals surface area contributed by atoms with Gasteiger partial charge in [-0.05, 0) is 44.8 Å². The van der Waals surface area contributed by atoms with Gasteiger partial charge >= 0.3 is 5.97 Å². The van der Waals surface area contributed by atoms with Gasteiger partial charge in [0.15, 0.2) is 0 Å². The van der Waals surface area contributed by atoms with E-state index in [2.05, 4.69) is 0 Å². The Morgan fingerprint density at radius 3 is 2.90 bits per heavy atom. The van der Waals surface area contributed by atoms with Crippen LogP contribution in [-0.4, -0.2) is 41.8 Å². The van der Waals surface area contributed by atoms with Crippen molar-refractivity contribution in [2.24, 2.45) is 5.73 Å². The third kappa shape index (κ3) is 5.15. The predicted molar refractivity (Wildman–Crippen MR) is 86.5 cm³/mol. The van der Waals surface area contributed by atoms with Crippen molar-refractivity contribution in [1.82, 2.24) is 0 Å². The molecule has 1 saturated carbocycles. The van der Waals surface area contributed by atoms with Crippen molar-refractivity contribution in [2.75, 3.05) is 19.0 Å². The van der Waals surface area contributed by atoms with Crippen LogP contribution < -0.4 is 5.73 Å². The lowest BCUT2D eigenvalue weighted by molar-refractivity contribution is -0.144. The normalized spacial score (nSPS) is 26.5. The summed E-state index contributed by atoms with van der Waals surface area (Å²) in [5.41, 5.74) is 6.01. The Morgan fingerprint density at radius 2 is 2.19 bits per heavy atom. The van der Waals surface area contributed by atoms with E-state index in [0.717, 1.165) is 18.8 Å². The maximum atomic E-state index is 11.5. The van der Waals surface area contributed by atoms with Crippen molar-refractivity contribution in [3.8, 4) is 0 Å². The molecule has 2 aliphatic rings. The van der Waals surface area contributed by atoms with Gasteiger partial charge in [-0.25, -0.2) is 0 Å². The number of thioether (sulfide) groups is 1. The molecule has 0 bridgehead atoms. The summed E-state index contributed by atoms with van der Waals surface area (Å²) in [6.07, 6.45) is 9.44. The molecule has 122 valence electrons. The zero-order chi connectivity index (χ0) is 15.1. The van der Waals surface area contributed by atoms with Crippen LogP contribution in [-0.2, 0) is 14.3 Å². The topological polar surface area (TPSA) is 61.5 Å². The van der Waals surface area contributed by atoms with Crippen LogP contribution in [0, 0.1) is 0 Å². The smallest absolute Gasteiger partial charge is 0.322 e. The molecule has 0 amide bonds. The summed E-state index contributed by atoms with van der Waals surface area (Å²) in [6, 6.07) is -0.471. The second kappa shape index (κ2) is 8.39. The van der Waals surface area contributed by atoms with Gasteiger partial charge in [-0.2, -0.15) is 11.8 Å². The molecule has 1 aliphatic carbocycles. The largest absolute Gasteiger partial charge is 0.465 e. The molecule has 1 spiro atoms. The molecule has 2 unspecified atom stereocenters. The van der Waals surface area contributed by atoms with Gasteiger partial charge in [-0.15, -0.1) is 0 Å². The zero-order valence-electron chi connectivity index (χ0n) is 13.1. The third-order valence-electron chi connectivity index (χ3n) is 4.58. The maximum absolute atomic E-state index is 11.5. The number of carbonyl (C=O) groups excluding carboxylic acids is 1.